The number of fused-ring (bicyclic) bond motifs is 1. The van der Waals surface area contributed by atoms with Crippen LogP contribution in [0.4, 0.5) is 0 Å². The first kappa shape index (κ1) is 13.5. The van der Waals surface area contributed by atoms with Crippen molar-refractivity contribution in [2.75, 3.05) is 13.7 Å². The van der Waals surface area contributed by atoms with Crippen molar-refractivity contribution in [1.82, 2.24) is 20.3 Å². The number of aromatic amines is 1. The van der Waals surface area contributed by atoms with Crippen LogP contribution >= 0.6 is 11.3 Å². The minimum Gasteiger partial charge on any atom is -0.497 e. The van der Waals surface area contributed by atoms with Gasteiger partial charge in [-0.15, -0.1) is 11.3 Å². The number of hydrogen-bond acceptors (Lipinski definition) is 5. The number of imidazole rings is 1. The molecule has 1 aromatic carbocycles. The van der Waals surface area contributed by atoms with Crippen LogP contribution in [0.2, 0.25) is 0 Å². The van der Waals surface area contributed by atoms with Gasteiger partial charge in [-0.05, 0) is 12.1 Å². The number of nitrogens with one attached hydrogen (secondary N) is 2. The number of thiazole rings is 1. The van der Waals surface area contributed by atoms with Crippen LogP contribution in [-0.4, -0.2) is 28.6 Å². The van der Waals surface area contributed by atoms with Gasteiger partial charge in [-0.2, -0.15) is 0 Å². The van der Waals surface area contributed by atoms with E-state index in [9.17, 15) is 0 Å². The Morgan fingerprint density at radius 3 is 3.18 bits per heavy atom. The molecular formula is C16H16N4OS. The number of ether oxygens (including phenoxy) is 1. The molecule has 3 heterocycles. The summed E-state index contributed by atoms with van der Waals surface area (Å²) in [5, 5.41) is 4.53. The molecule has 3 aromatic rings. The molecule has 0 saturated heterocycles. The van der Waals surface area contributed by atoms with E-state index in [0.717, 1.165) is 35.0 Å². The summed E-state index contributed by atoms with van der Waals surface area (Å²) < 4.78 is 5.29. The number of H-pyrrole nitrogens is 1. The van der Waals surface area contributed by atoms with Crippen LogP contribution < -0.4 is 10.1 Å². The molecule has 0 bridgehead atoms. The third-order valence-corrected chi connectivity index (χ3v) is 4.98. The highest BCUT2D eigenvalue weighted by atomic mass is 32.1. The molecule has 1 atom stereocenters. The summed E-state index contributed by atoms with van der Waals surface area (Å²) in [6, 6.07) is 8.12. The molecule has 112 valence electrons. The van der Waals surface area contributed by atoms with Crippen molar-refractivity contribution < 1.29 is 4.74 Å². The predicted octanol–water partition coefficient (Wildman–Crippen LogP) is 2.78. The molecule has 0 radical (unpaired) electrons. The van der Waals surface area contributed by atoms with Gasteiger partial charge >= 0.3 is 0 Å². The predicted molar refractivity (Wildman–Crippen MR) is 86.2 cm³/mol. The second-order valence-electron chi connectivity index (χ2n) is 5.20. The van der Waals surface area contributed by atoms with Gasteiger partial charge in [-0.3, -0.25) is 0 Å². The Kier molecular flexibility index (Phi) is 3.40. The van der Waals surface area contributed by atoms with Gasteiger partial charge in [0.25, 0.3) is 0 Å². The van der Waals surface area contributed by atoms with Gasteiger partial charge in [-0.25, -0.2) is 9.97 Å². The normalized spacial score (nSPS) is 17.2. The number of methoxy groups -OCH3 is 1. The van der Waals surface area contributed by atoms with Crippen LogP contribution in [0.5, 0.6) is 5.75 Å². The van der Waals surface area contributed by atoms with E-state index in [4.69, 9.17) is 4.74 Å². The lowest BCUT2D eigenvalue weighted by molar-refractivity contribution is 0.415. The molecule has 0 unspecified atom stereocenters. The van der Waals surface area contributed by atoms with Crippen molar-refractivity contribution in [1.29, 1.82) is 0 Å². The summed E-state index contributed by atoms with van der Waals surface area (Å²) in [5.74, 6) is 0.847. The highest BCUT2D eigenvalue weighted by molar-refractivity contribution is 7.15. The number of rotatable bonds is 3. The van der Waals surface area contributed by atoms with E-state index in [-0.39, 0.29) is 6.04 Å². The lowest BCUT2D eigenvalue weighted by atomic mass is 10.1. The lowest BCUT2D eigenvalue weighted by Crippen LogP contribution is -2.30. The second-order valence-corrected chi connectivity index (χ2v) is 6.27. The minimum absolute atomic E-state index is 0.131. The van der Waals surface area contributed by atoms with E-state index in [1.807, 2.05) is 24.4 Å². The highest BCUT2D eigenvalue weighted by Crippen LogP contribution is 2.34. The Labute approximate surface area is 132 Å². The molecule has 6 heteroatoms. The quantitative estimate of drug-likeness (QED) is 0.780. The fourth-order valence-electron chi connectivity index (χ4n) is 2.76. The molecule has 2 aromatic heterocycles. The SMILES string of the molecule is COc1cccc(-c2ncc([C@H]3NCCc4[nH]cnc43)s2)c1. The lowest BCUT2D eigenvalue weighted by Gasteiger charge is -2.21. The van der Waals surface area contributed by atoms with Gasteiger partial charge in [0, 0.05) is 35.3 Å². The Hall–Kier alpha value is -2.18. The number of benzene rings is 1. The molecular weight excluding hydrogens is 296 g/mol. The summed E-state index contributed by atoms with van der Waals surface area (Å²) in [7, 11) is 1.68. The molecule has 0 spiro atoms. The van der Waals surface area contributed by atoms with E-state index in [2.05, 4.69) is 26.3 Å². The van der Waals surface area contributed by atoms with E-state index in [0.29, 0.717) is 0 Å². The highest BCUT2D eigenvalue weighted by Gasteiger charge is 2.25. The van der Waals surface area contributed by atoms with Crippen molar-refractivity contribution >= 4 is 11.3 Å². The molecule has 1 aliphatic rings. The number of nitrogens with zero attached hydrogens (tertiary/aromatic N) is 2. The van der Waals surface area contributed by atoms with Crippen LogP contribution in [0.25, 0.3) is 10.6 Å². The Morgan fingerprint density at radius 2 is 2.27 bits per heavy atom. The van der Waals surface area contributed by atoms with Crippen molar-refractivity contribution in [3.63, 3.8) is 0 Å². The van der Waals surface area contributed by atoms with Gasteiger partial charge in [0.2, 0.25) is 0 Å². The average Bonchev–Trinajstić information content (AvgIpc) is 3.23. The van der Waals surface area contributed by atoms with Gasteiger partial charge in [0.1, 0.15) is 10.8 Å². The van der Waals surface area contributed by atoms with Crippen molar-refractivity contribution in [3.05, 3.63) is 53.1 Å². The fraction of sp³-hybridized carbons (Fsp3) is 0.250. The zero-order chi connectivity index (χ0) is 14.9. The molecule has 0 aliphatic carbocycles. The van der Waals surface area contributed by atoms with E-state index in [1.54, 1.807) is 24.8 Å². The third kappa shape index (κ3) is 2.30. The minimum atomic E-state index is 0.131. The van der Waals surface area contributed by atoms with Gasteiger partial charge < -0.3 is 15.0 Å². The van der Waals surface area contributed by atoms with Crippen LogP contribution in [0.15, 0.2) is 36.8 Å². The van der Waals surface area contributed by atoms with Gasteiger partial charge in [0.05, 0.1) is 25.2 Å². The first-order valence-electron chi connectivity index (χ1n) is 7.21. The largest absolute Gasteiger partial charge is 0.497 e. The number of hydrogen-bond donors (Lipinski definition) is 2. The topological polar surface area (TPSA) is 62.8 Å². The third-order valence-electron chi connectivity index (χ3n) is 3.87. The molecule has 2 N–H and O–H groups in total. The Morgan fingerprint density at radius 1 is 1.32 bits per heavy atom. The maximum Gasteiger partial charge on any atom is 0.123 e. The van der Waals surface area contributed by atoms with Gasteiger partial charge in [-0.1, -0.05) is 12.1 Å². The van der Waals surface area contributed by atoms with E-state index >= 15 is 0 Å². The standard InChI is InChI=1S/C16H16N4OS/c1-21-11-4-2-3-10(7-11)16-18-8-13(22-16)15-14-12(5-6-17-15)19-9-20-14/h2-4,7-9,15,17H,5-6H2,1H3,(H,19,20)/t15-/m1/s1. The van der Waals surface area contributed by atoms with Crippen molar-refractivity contribution in [2.45, 2.75) is 12.5 Å². The van der Waals surface area contributed by atoms with Crippen LogP contribution in [-0.2, 0) is 6.42 Å². The Balaban J connectivity index is 1.68. The van der Waals surface area contributed by atoms with E-state index < -0.39 is 0 Å². The summed E-state index contributed by atoms with van der Waals surface area (Å²) in [6.45, 7) is 0.951. The first-order valence-corrected chi connectivity index (χ1v) is 8.02. The zero-order valence-corrected chi connectivity index (χ0v) is 13.0. The maximum atomic E-state index is 5.29. The molecule has 1 aliphatic heterocycles. The number of aromatic nitrogens is 3. The summed E-state index contributed by atoms with van der Waals surface area (Å²) in [5.41, 5.74) is 3.39. The average molecular weight is 312 g/mol. The smallest absolute Gasteiger partial charge is 0.123 e. The molecule has 0 amide bonds. The summed E-state index contributed by atoms with van der Waals surface area (Å²) in [6.07, 6.45) is 4.71. The summed E-state index contributed by atoms with van der Waals surface area (Å²) >= 11 is 1.70. The van der Waals surface area contributed by atoms with Crippen molar-refractivity contribution in [3.8, 4) is 16.3 Å². The van der Waals surface area contributed by atoms with Gasteiger partial charge in [0.15, 0.2) is 0 Å². The monoisotopic (exact) mass is 312 g/mol. The molecule has 0 saturated carbocycles. The Bertz CT molecular complexity index is 795. The van der Waals surface area contributed by atoms with Crippen LogP contribution in [0, 0.1) is 0 Å². The fourth-order valence-corrected chi connectivity index (χ4v) is 3.76. The molecule has 0 fully saturated rings. The zero-order valence-electron chi connectivity index (χ0n) is 12.2. The first-order chi connectivity index (χ1) is 10.8. The summed E-state index contributed by atoms with van der Waals surface area (Å²) in [4.78, 5) is 13.5. The maximum absolute atomic E-state index is 5.29. The van der Waals surface area contributed by atoms with Crippen molar-refractivity contribution in [2.24, 2.45) is 0 Å². The molecule has 4 rings (SSSR count). The molecule has 22 heavy (non-hydrogen) atoms. The molecule has 5 nitrogen and oxygen atoms in total. The van der Waals surface area contributed by atoms with Crippen LogP contribution in [0.1, 0.15) is 22.3 Å². The van der Waals surface area contributed by atoms with Crippen LogP contribution in [0.3, 0.4) is 0 Å². The second kappa shape index (κ2) is 5.55. The van der Waals surface area contributed by atoms with E-state index in [1.165, 1.54) is 10.6 Å².